The molecule has 0 bridgehead atoms. The Bertz CT molecular complexity index is 836. The largest absolute Gasteiger partial charge is 0.385 e. The molecule has 132 valence electrons. The van der Waals surface area contributed by atoms with Crippen LogP contribution in [0.1, 0.15) is 35.6 Å². The van der Waals surface area contributed by atoms with E-state index in [1.165, 1.54) is 17.5 Å². The monoisotopic (exact) mass is 342 g/mol. The van der Waals surface area contributed by atoms with Gasteiger partial charge in [0.2, 0.25) is 0 Å². The molecule has 0 atom stereocenters. The van der Waals surface area contributed by atoms with Crippen LogP contribution in [0.2, 0.25) is 0 Å². The molecule has 3 aromatic carbocycles. The lowest BCUT2D eigenvalue weighted by Crippen LogP contribution is -2.06. The summed E-state index contributed by atoms with van der Waals surface area (Å²) in [6.45, 7) is 3.09. The molecule has 0 aliphatic heterocycles. The molecule has 3 rings (SSSR count). The van der Waals surface area contributed by atoms with Gasteiger partial charge in [-0.25, -0.2) is 0 Å². The molecule has 2 heteroatoms. The lowest BCUT2D eigenvalue weighted by Gasteiger charge is -2.09. The van der Waals surface area contributed by atoms with Crippen LogP contribution in [-0.2, 0) is 12.8 Å². The molecule has 3 aromatic rings. The van der Waals surface area contributed by atoms with Crippen molar-refractivity contribution in [1.82, 2.24) is 0 Å². The van der Waals surface area contributed by atoms with Crippen LogP contribution >= 0.6 is 0 Å². The molecule has 0 unspecified atom stereocenters. The van der Waals surface area contributed by atoms with E-state index in [-0.39, 0.29) is 0 Å². The second kappa shape index (κ2) is 9.00. The molecule has 0 heterocycles. The van der Waals surface area contributed by atoms with E-state index in [0.717, 1.165) is 36.2 Å². The normalized spacial score (nSPS) is 10.5. The average molecular weight is 342 g/mol. The molecule has 0 saturated heterocycles. The van der Waals surface area contributed by atoms with Gasteiger partial charge in [-0.15, -0.1) is 0 Å². The van der Waals surface area contributed by atoms with Gasteiger partial charge in [0.1, 0.15) is 0 Å². The molecule has 0 aliphatic carbocycles. The van der Waals surface area contributed by atoms with E-state index < -0.39 is 0 Å². The van der Waals surface area contributed by atoms with Gasteiger partial charge in [-0.2, -0.15) is 0 Å². The Kier molecular flexibility index (Phi) is 6.21. The van der Waals surface area contributed by atoms with E-state index in [1.54, 1.807) is 0 Å². The molecular weight excluding hydrogens is 316 g/mol. The molecule has 0 aromatic heterocycles. The molecular formula is C24H26N2. The number of benzene rings is 3. The summed E-state index contributed by atoms with van der Waals surface area (Å²) >= 11 is 0. The fraction of sp³-hybridized carbons (Fsp3) is 0.208. The van der Waals surface area contributed by atoms with Crippen LogP contribution in [0.4, 0.5) is 5.69 Å². The van der Waals surface area contributed by atoms with Crippen LogP contribution in [0.25, 0.3) is 0 Å². The summed E-state index contributed by atoms with van der Waals surface area (Å²) in [5.74, 6) is 0. The maximum absolute atomic E-state index is 8.42. The highest BCUT2D eigenvalue weighted by Gasteiger charge is 2.05. The van der Waals surface area contributed by atoms with E-state index in [9.17, 15) is 0 Å². The number of hydrogen-bond donors (Lipinski definition) is 2. The predicted octanol–water partition coefficient (Wildman–Crippen LogP) is 5.71. The van der Waals surface area contributed by atoms with Crippen LogP contribution in [-0.4, -0.2) is 12.3 Å². The first-order chi connectivity index (χ1) is 12.8. The average Bonchev–Trinajstić information content (AvgIpc) is 2.70. The first-order valence-electron chi connectivity index (χ1n) is 9.32. The molecule has 0 radical (unpaired) electrons. The van der Waals surface area contributed by atoms with E-state index in [2.05, 4.69) is 48.6 Å². The van der Waals surface area contributed by atoms with Gasteiger partial charge in [0.25, 0.3) is 0 Å². The van der Waals surface area contributed by atoms with Crippen molar-refractivity contribution in [3.05, 3.63) is 101 Å². The zero-order valence-electron chi connectivity index (χ0n) is 15.3. The number of nitrogens with one attached hydrogen (secondary N) is 2. The zero-order chi connectivity index (χ0) is 18.2. The Hall–Kier alpha value is -2.87. The molecule has 0 aliphatic rings. The summed E-state index contributed by atoms with van der Waals surface area (Å²) in [6, 6.07) is 26.9. The van der Waals surface area contributed by atoms with Crippen molar-refractivity contribution in [2.75, 3.05) is 11.9 Å². The molecule has 0 fully saturated rings. The lowest BCUT2D eigenvalue weighted by molar-refractivity contribution is 0.921. The highest BCUT2D eigenvalue weighted by atomic mass is 14.9. The second-order valence-corrected chi connectivity index (χ2v) is 6.57. The minimum Gasteiger partial charge on any atom is -0.385 e. The highest BCUT2D eigenvalue weighted by molar-refractivity contribution is 6.10. The summed E-state index contributed by atoms with van der Waals surface area (Å²) < 4.78 is 0. The van der Waals surface area contributed by atoms with Crippen molar-refractivity contribution in [2.24, 2.45) is 0 Å². The molecule has 2 N–H and O–H groups in total. The standard InChI is InChI=1S/C24H26N2/c1-2-7-19-12-14-23(15-13-19)26-17-16-20-8-6-11-22(18-20)24(25)21-9-4-3-5-10-21/h3-6,8-15,18,25-26H,2,7,16-17H2,1H3. The van der Waals surface area contributed by atoms with Crippen molar-refractivity contribution >= 4 is 11.4 Å². The third-order valence-corrected chi connectivity index (χ3v) is 4.51. The smallest absolute Gasteiger partial charge is 0.0684 e. The predicted molar refractivity (Wildman–Crippen MR) is 111 cm³/mol. The van der Waals surface area contributed by atoms with Gasteiger partial charge in [0.15, 0.2) is 0 Å². The van der Waals surface area contributed by atoms with Crippen LogP contribution in [0.5, 0.6) is 0 Å². The summed E-state index contributed by atoms with van der Waals surface area (Å²) in [7, 11) is 0. The van der Waals surface area contributed by atoms with E-state index in [1.807, 2.05) is 42.5 Å². The van der Waals surface area contributed by atoms with Crippen molar-refractivity contribution in [2.45, 2.75) is 26.2 Å². The number of hydrogen-bond acceptors (Lipinski definition) is 2. The van der Waals surface area contributed by atoms with Crippen LogP contribution < -0.4 is 5.32 Å². The molecule has 0 amide bonds. The maximum atomic E-state index is 8.42. The third-order valence-electron chi connectivity index (χ3n) is 4.51. The Morgan fingerprint density at radius 2 is 1.50 bits per heavy atom. The molecule has 0 spiro atoms. The Balaban J connectivity index is 1.58. The first kappa shape index (κ1) is 17.9. The van der Waals surface area contributed by atoms with Gasteiger partial charge >= 0.3 is 0 Å². The minimum absolute atomic E-state index is 0.576. The van der Waals surface area contributed by atoms with E-state index in [4.69, 9.17) is 5.41 Å². The van der Waals surface area contributed by atoms with Crippen molar-refractivity contribution in [3.8, 4) is 0 Å². The van der Waals surface area contributed by atoms with Gasteiger partial charge in [-0.05, 0) is 47.7 Å². The first-order valence-corrected chi connectivity index (χ1v) is 9.32. The molecule has 2 nitrogen and oxygen atoms in total. The van der Waals surface area contributed by atoms with Crippen molar-refractivity contribution in [1.29, 1.82) is 5.41 Å². The van der Waals surface area contributed by atoms with E-state index >= 15 is 0 Å². The van der Waals surface area contributed by atoms with Gasteiger partial charge in [0.05, 0.1) is 5.71 Å². The SMILES string of the molecule is CCCc1ccc(NCCc2cccc(C(=N)c3ccccc3)c2)cc1. The van der Waals surface area contributed by atoms with Crippen molar-refractivity contribution < 1.29 is 0 Å². The molecule has 0 saturated carbocycles. The number of rotatable bonds is 8. The summed E-state index contributed by atoms with van der Waals surface area (Å²) in [6.07, 6.45) is 3.26. The van der Waals surface area contributed by atoms with Gasteiger partial charge in [-0.1, -0.05) is 74.0 Å². The topological polar surface area (TPSA) is 35.9 Å². The van der Waals surface area contributed by atoms with Crippen molar-refractivity contribution in [3.63, 3.8) is 0 Å². The fourth-order valence-corrected chi connectivity index (χ4v) is 3.08. The van der Waals surface area contributed by atoms with Gasteiger partial charge in [-0.3, -0.25) is 5.41 Å². The summed E-state index contributed by atoms with van der Waals surface area (Å²) in [5, 5.41) is 11.9. The Morgan fingerprint density at radius 1 is 0.769 bits per heavy atom. The fourth-order valence-electron chi connectivity index (χ4n) is 3.08. The highest BCUT2D eigenvalue weighted by Crippen LogP contribution is 2.14. The van der Waals surface area contributed by atoms with Gasteiger partial charge in [0, 0.05) is 17.8 Å². The van der Waals surface area contributed by atoms with E-state index in [0.29, 0.717) is 5.71 Å². The number of anilines is 1. The number of aryl methyl sites for hydroxylation is 1. The summed E-state index contributed by atoms with van der Waals surface area (Å²) in [5.41, 5.74) is 6.31. The Morgan fingerprint density at radius 3 is 2.23 bits per heavy atom. The quantitative estimate of drug-likeness (QED) is 0.505. The maximum Gasteiger partial charge on any atom is 0.0684 e. The third kappa shape index (κ3) is 4.82. The zero-order valence-corrected chi connectivity index (χ0v) is 15.3. The Labute approximate surface area is 156 Å². The van der Waals surface area contributed by atoms with Crippen LogP contribution in [0, 0.1) is 5.41 Å². The van der Waals surface area contributed by atoms with Gasteiger partial charge < -0.3 is 5.32 Å². The molecule has 26 heavy (non-hydrogen) atoms. The summed E-state index contributed by atoms with van der Waals surface area (Å²) in [4.78, 5) is 0. The van der Waals surface area contributed by atoms with Crippen LogP contribution in [0.15, 0.2) is 78.9 Å². The van der Waals surface area contributed by atoms with Crippen LogP contribution in [0.3, 0.4) is 0 Å². The second-order valence-electron chi connectivity index (χ2n) is 6.57. The minimum atomic E-state index is 0.576. The lowest BCUT2D eigenvalue weighted by atomic mass is 9.99.